The van der Waals surface area contributed by atoms with Crippen LogP contribution in [-0.2, 0) is 13.0 Å². The van der Waals surface area contributed by atoms with Gasteiger partial charge in [-0.05, 0) is 29.7 Å². The largest absolute Gasteiger partial charge is 0.366 e. The number of hydrogen-bond acceptors (Lipinski definition) is 5. The molecule has 0 bridgehead atoms. The topological polar surface area (TPSA) is 71.0 Å². The highest BCUT2D eigenvalue weighted by Gasteiger charge is 2.26. The van der Waals surface area contributed by atoms with E-state index in [-0.39, 0.29) is 5.91 Å². The summed E-state index contributed by atoms with van der Waals surface area (Å²) < 4.78 is 0. The molecule has 0 aliphatic carbocycles. The second-order valence-corrected chi connectivity index (χ2v) is 5.84. The highest BCUT2D eigenvalue weighted by Crippen LogP contribution is 2.28. The van der Waals surface area contributed by atoms with E-state index in [2.05, 4.69) is 26.3 Å². The number of para-hydroxylation sites is 1. The highest BCUT2D eigenvalue weighted by atomic mass is 16.2. The normalized spacial score (nSPS) is 12.7. The Balaban J connectivity index is 1.51. The Labute approximate surface area is 145 Å². The van der Waals surface area contributed by atoms with Crippen molar-refractivity contribution in [3.63, 3.8) is 0 Å². The van der Waals surface area contributed by atoms with Gasteiger partial charge >= 0.3 is 0 Å². The van der Waals surface area contributed by atoms with Gasteiger partial charge in [-0.1, -0.05) is 24.3 Å². The second kappa shape index (κ2) is 6.68. The number of pyridine rings is 1. The maximum Gasteiger partial charge on any atom is 0.277 e. The molecule has 0 fully saturated rings. The van der Waals surface area contributed by atoms with Crippen LogP contribution in [0.4, 0.5) is 11.5 Å². The van der Waals surface area contributed by atoms with Crippen LogP contribution in [0.3, 0.4) is 0 Å². The molecule has 1 N–H and O–H groups in total. The summed E-state index contributed by atoms with van der Waals surface area (Å²) in [5.74, 6) is 0.520. The van der Waals surface area contributed by atoms with Crippen LogP contribution in [0, 0.1) is 0 Å². The highest BCUT2D eigenvalue weighted by molar-refractivity contribution is 6.06. The van der Waals surface area contributed by atoms with Crippen LogP contribution in [0.2, 0.25) is 0 Å². The lowest BCUT2D eigenvalue weighted by molar-refractivity contribution is 0.0984. The summed E-state index contributed by atoms with van der Waals surface area (Å²) >= 11 is 0. The van der Waals surface area contributed by atoms with Gasteiger partial charge in [0, 0.05) is 37.2 Å². The van der Waals surface area contributed by atoms with Crippen molar-refractivity contribution in [3.05, 3.63) is 78.0 Å². The molecule has 0 saturated heterocycles. The molecule has 6 nitrogen and oxygen atoms in total. The van der Waals surface area contributed by atoms with Crippen molar-refractivity contribution in [2.24, 2.45) is 0 Å². The zero-order valence-electron chi connectivity index (χ0n) is 13.6. The van der Waals surface area contributed by atoms with Crippen LogP contribution >= 0.6 is 0 Å². The molecule has 0 unspecified atom stereocenters. The minimum absolute atomic E-state index is 0.100. The molecule has 0 spiro atoms. The molecule has 0 radical (unpaired) electrons. The smallest absolute Gasteiger partial charge is 0.277 e. The third kappa shape index (κ3) is 3.19. The maximum absolute atomic E-state index is 12.8. The summed E-state index contributed by atoms with van der Waals surface area (Å²) in [6.45, 7) is 1.27. The lowest BCUT2D eigenvalue weighted by Gasteiger charge is -2.17. The first-order valence-electron chi connectivity index (χ1n) is 8.16. The van der Waals surface area contributed by atoms with Crippen LogP contribution in [0.5, 0.6) is 0 Å². The van der Waals surface area contributed by atoms with E-state index in [0.717, 1.165) is 17.7 Å². The number of carbonyl (C=O) groups is 1. The minimum atomic E-state index is -0.100. The molecule has 4 rings (SSSR count). The summed E-state index contributed by atoms with van der Waals surface area (Å²) in [5, 5.41) is 3.20. The van der Waals surface area contributed by atoms with Gasteiger partial charge in [-0.3, -0.25) is 9.78 Å². The fraction of sp³-hybridized carbons (Fsp3) is 0.158. The maximum atomic E-state index is 12.8. The van der Waals surface area contributed by atoms with Gasteiger partial charge in [-0.25, -0.2) is 9.97 Å². The summed E-state index contributed by atoms with van der Waals surface area (Å²) in [4.78, 5) is 27.0. The van der Waals surface area contributed by atoms with E-state index in [0.29, 0.717) is 24.6 Å². The number of carbonyl (C=O) groups excluding carboxylic acids is 1. The molecule has 1 aliphatic heterocycles. The summed E-state index contributed by atoms with van der Waals surface area (Å²) in [5.41, 5.74) is 3.60. The molecule has 2 aromatic heterocycles. The lowest BCUT2D eigenvalue weighted by Crippen LogP contribution is -2.29. The second-order valence-electron chi connectivity index (χ2n) is 5.84. The number of rotatable bonds is 4. The number of fused-ring (bicyclic) bond motifs is 1. The zero-order valence-corrected chi connectivity index (χ0v) is 13.6. The van der Waals surface area contributed by atoms with Gasteiger partial charge in [0.1, 0.15) is 17.8 Å². The Hall–Kier alpha value is -3.28. The Morgan fingerprint density at radius 3 is 2.96 bits per heavy atom. The Morgan fingerprint density at radius 1 is 1.16 bits per heavy atom. The van der Waals surface area contributed by atoms with Crippen molar-refractivity contribution in [1.82, 2.24) is 15.0 Å². The molecule has 3 heterocycles. The van der Waals surface area contributed by atoms with Crippen LogP contribution in [0.15, 0.2) is 61.2 Å². The molecule has 25 heavy (non-hydrogen) atoms. The Bertz CT molecular complexity index is 897. The van der Waals surface area contributed by atoms with Gasteiger partial charge in [-0.15, -0.1) is 0 Å². The fourth-order valence-corrected chi connectivity index (χ4v) is 2.95. The fourth-order valence-electron chi connectivity index (χ4n) is 2.95. The first-order chi connectivity index (χ1) is 12.3. The average Bonchev–Trinajstić information content (AvgIpc) is 3.11. The number of nitrogens with zero attached hydrogens (tertiary/aromatic N) is 4. The number of anilines is 2. The van der Waals surface area contributed by atoms with E-state index >= 15 is 0 Å². The van der Waals surface area contributed by atoms with Gasteiger partial charge in [0.05, 0.1) is 0 Å². The average molecular weight is 331 g/mol. The number of aromatic nitrogens is 3. The van der Waals surface area contributed by atoms with Gasteiger partial charge in [0.25, 0.3) is 5.91 Å². The predicted octanol–water partition coefficient (Wildman–Crippen LogP) is 2.69. The molecule has 6 heteroatoms. The van der Waals surface area contributed by atoms with E-state index in [9.17, 15) is 4.79 Å². The molecule has 124 valence electrons. The molecular formula is C19H17N5O. The standard InChI is InChI=1S/C19H17N5O/c25-19(24-9-7-15-5-1-2-6-17(15)24)16-10-18(23-13-22-16)21-12-14-4-3-8-20-11-14/h1-6,8,10-11,13H,7,9,12H2,(H,21,22,23). The van der Waals surface area contributed by atoms with Gasteiger partial charge in [0.15, 0.2) is 0 Å². The zero-order chi connectivity index (χ0) is 17.1. The Kier molecular flexibility index (Phi) is 4.08. The minimum Gasteiger partial charge on any atom is -0.366 e. The van der Waals surface area contributed by atoms with Crippen LogP contribution < -0.4 is 10.2 Å². The van der Waals surface area contributed by atoms with Crippen molar-refractivity contribution < 1.29 is 4.79 Å². The van der Waals surface area contributed by atoms with Crippen molar-refractivity contribution in [2.75, 3.05) is 16.8 Å². The van der Waals surface area contributed by atoms with Crippen molar-refractivity contribution in [3.8, 4) is 0 Å². The van der Waals surface area contributed by atoms with E-state index < -0.39 is 0 Å². The van der Waals surface area contributed by atoms with Crippen molar-refractivity contribution in [1.29, 1.82) is 0 Å². The number of nitrogens with one attached hydrogen (secondary N) is 1. The van der Waals surface area contributed by atoms with Crippen LogP contribution in [0.1, 0.15) is 21.6 Å². The Morgan fingerprint density at radius 2 is 2.08 bits per heavy atom. The quantitative estimate of drug-likeness (QED) is 0.796. The van der Waals surface area contributed by atoms with Crippen molar-refractivity contribution in [2.45, 2.75) is 13.0 Å². The molecular weight excluding hydrogens is 314 g/mol. The molecule has 1 amide bonds. The van der Waals surface area contributed by atoms with E-state index in [1.165, 1.54) is 11.9 Å². The third-order valence-corrected chi connectivity index (χ3v) is 4.21. The first-order valence-corrected chi connectivity index (χ1v) is 8.16. The lowest BCUT2D eigenvalue weighted by atomic mass is 10.2. The molecule has 1 aromatic carbocycles. The molecule has 0 atom stereocenters. The first kappa shape index (κ1) is 15.3. The number of benzene rings is 1. The molecule has 1 aliphatic rings. The van der Waals surface area contributed by atoms with E-state index in [1.807, 2.05) is 30.3 Å². The summed E-state index contributed by atoms with van der Waals surface area (Å²) in [6.07, 6.45) is 5.82. The van der Waals surface area contributed by atoms with E-state index in [1.54, 1.807) is 23.4 Å². The van der Waals surface area contributed by atoms with Crippen LogP contribution in [0.25, 0.3) is 0 Å². The van der Waals surface area contributed by atoms with Gasteiger partial charge < -0.3 is 10.2 Å². The monoisotopic (exact) mass is 331 g/mol. The van der Waals surface area contributed by atoms with Gasteiger partial charge in [-0.2, -0.15) is 0 Å². The van der Waals surface area contributed by atoms with E-state index in [4.69, 9.17) is 0 Å². The third-order valence-electron chi connectivity index (χ3n) is 4.21. The SMILES string of the molecule is O=C(c1cc(NCc2cccnc2)ncn1)N1CCc2ccccc21. The molecule has 0 saturated carbocycles. The summed E-state index contributed by atoms with van der Waals surface area (Å²) in [7, 11) is 0. The summed E-state index contributed by atoms with van der Waals surface area (Å²) in [6, 6.07) is 13.5. The van der Waals surface area contributed by atoms with Crippen LogP contribution in [-0.4, -0.2) is 27.4 Å². The van der Waals surface area contributed by atoms with Gasteiger partial charge in [0.2, 0.25) is 0 Å². The predicted molar refractivity (Wildman–Crippen MR) is 95.4 cm³/mol. The number of hydrogen-bond donors (Lipinski definition) is 1. The number of amides is 1. The van der Waals surface area contributed by atoms with Crippen molar-refractivity contribution >= 4 is 17.4 Å². The molecule has 3 aromatic rings.